The van der Waals surface area contributed by atoms with Gasteiger partial charge in [-0.05, 0) is 56.1 Å². The van der Waals surface area contributed by atoms with Gasteiger partial charge in [-0.25, -0.2) is 4.79 Å². The number of fused-ring (bicyclic) bond motifs is 5. The average Bonchev–Trinajstić information content (AvgIpc) is 3.08. The number of rotatable bonds is 8. The van der Waals surface area contributed by atoms with Crippen molar-refractivity contribution in [3.8, 4) is 0 Å². The van der Waals surface area contributed by atoms with Gasteiger partial charge in [-0.2, -0.15) is 0 Å². The van der Waals surface area contributed by atoms with Crippen molar-refractivity contribution in [2.24, 2.45) is 28.6 Å². The quantitative estimate of drug-likeness (QED) is 0.216. The minimum atomic E-state index is -1.77. The van der Waals surface area contributed by atoms with Gasteiger partial charge in [0.1, 0.15) is 5.60 Å². The Labute approximate surface area is 208 Å². The molecule has 36 heavy (non-hydrogen) atoms. The maximum Gasteiger partial charge on any atom is 0.508 e. The molecule has 0 aliphatic heterocycles. The first kappa shape index (κ1) is 26.3. The summed E-state index contributed by atoms with van der Waals surface area (Å²) >= 11 is 0. The van der Waals surface area contributed by atoms with Gasteiger partial charge < -0.3 is 24.5 Å². The predicted molar refractivity (Wildman–Crippen MR) is 123 cm³/mol. The second-order valence-corrected chi connectivity index (χ2v) is 10.8. The van der Waals surface area contributed by atoms with Crippen LogP contribution in [0.2, 0.25) is 0 Å². The van der Waals surface area contributed by atoms with E-state index >= 15 is 0 Å². The fraction of sp³-hybridized carbons (Fsp3) is 0.720. The largest absolute Gasteiger partial charge is 0.508 e. The molecule has 11 nitrogen and oxygen atoms in total. The Bertz CT molecular complexity index is 1010. The molecule has 0 radical (unpaired) electrons. The topological polar surface area (TPSA) is 163 Å². The molecule has 3 saturated carbocycles. The van der Waals surface area contributed by atoms with Crippen LogP contribution in [0.3, 0.4) is 0 Å². The first-order valence-corrected chi connectivity index (χ1v) is 12.4. The molecule has 0 heterocycles. The molecule has 0 bridgehead atoms. The highest BCUT2D eigenvalue weighted by Crippen LogP contribution is 2.67. The van der Waals surface area contributed by atoms with Crippen molar-refractivity contribution in [3.63, 3.8) is 0 Å². The van der Waals surface area contributed by atoms with Gasteiger partial charge in [-0.3, -0.25) is 9.59 Å². The molecule has 0 aromatic carbocycles. The van der Waals surface area contributed by atoms with Crippen LogP contribution in [-0.2, 0) is 23.9 Å². The minimum absolute atomic E-state index is 0.0159. The van der Waals surface area contributed by atoms with Crippen LogP contribution in [0.25, 0.3) is 0 Å². The summed E-state index contributed by atoms with van der Waals surface area (Å²) in [5, 5.41) is 32.1. The molecule has 11 heteroatoms. The second kappa shape index (κ2) is 9.59. The molecule has 0 aromatic rings. The van der Waals surface area contributed by atoms with Crippen LogP contribution in [0.15, 0.2) is 23.8 Å². The van der Waals surface area contributed by atoms with Crippen molar-refractivity contribution in [3.05, 3.63) is 33.9 Å². The fourth-order valence-corrected chi connectivity index (χ4v) is 7.43. The van der Waals surface area contributed by atoms with Crippen molar-refractivity contribution in [2.45, 2.75) is 64.1 Å². The molecule has 2 N–H and O–H groups in total. The number of ketones is 2. The standard InChI is InChI=1S/C25H33NO10/c1-23-8-6-16(27)12-15(23)4-5-17-18-7-9-25(31,24(18,2)13-19(28)21(17)23)20(29)14-35-22(30)34-10-3-11-36-26(32)33/h6,8,12,17-19,21,28,31H,3-5,7,9-11,13-14H2,1-2H3/t17-,18-,19-,21+,23-,24-,25-/m0/s1. The minimum Gasteiger partial charge on any atom is -0.434 e. The van der Waals surface area contributed by atoms with Gasteiger partial charge in [0.05, 0.1) is 19.3 Å². The molecule has 0 unspecified atom stereocenters. The maximum absolute atomic E-state index is 13.2. The summed E-state index contributed by atoms with van der Waals surface area (Å²) in [6, 6.07) is 0. The molecule has 0 aromatic heterocycles. The molecule has 4 aliphatic rings. The molecule has 198 valence electrons. The van der Waals surface area contributed by atoms with Crippen LogP contribution >= 0.6 is 0 Å². The molecule has 4 aliphatic carbocycles. The van der Waals surface area contributed by atoms with Crippen molar-refractivity contribution in [2.75, 3.05) is 19.8 Å². The summed E-state index contributed by atoms with van der Waals surface area (Å²) in [5.41, 5.74) is -2.08. The summed E-state index contributed by atoms with van der Waals surface area (Å²) in [6.45, 7) is 2.78. The van der Waals surface area contributed by atoms with E-state index in [4.69, 9.17) is 9.47 Å². The van der Waals surface area contributed by atoms with Crippen LogP contribution in [0, 0.1) is 38.7 Å². The SMILES string of the molecule is C[C@]12C=CC(=O)C=C1CC[C@@H]1[C@@H]2[C@@H](O)C[C@@]2(C)[C@H]1CC[C@]2(O)C(=O)COC(=O)OCCCO[N+](=O)[O-]. The van der Waals surface area contributed by atoms with Crippen molar-refractivity contribution < 1.29 is 44.0 Å². The Morgan fingerprint density at radius 3 is 2.69 bits per heavy atom. The third kappa shape index (κ3) is 4.32. The summed E-state index contributed by atoms with van der Waals surface area (Å²) in [4.78, 5) is 51.1. The predicted octanol–water partition coefficient (Wildman–Crippen LogP) is 2.32. The first-order chi connectivity index (χ1) is 16.9. The number of carbonyl (C=O) groups excluding carboxylic acids is 3. The molecule has 0 amide bonds. The molecule has 0 saturated heterocycles. The molecule has 0 spiro atoms. The smallest absolute Gasteiger partial charge is 0.434 e. The zero-order valence-corrected chi connectivity index (χ0v) is 20.5. The van der Waals surface area contributed by atoms with E-state index < -0.39 is 46.2 Å². The summed E-state index contributed by atoms with van der Waals surface area (Å²) < 4.78 is 9.69. The van der Waals surface area contributed by atoms with Gasteiger partial charge in [0.25, 0.3) is 5.09 Å². The third-order valence-electron chi connectivity index (χ3n) is 9.14. The normalized spacial score (nSPS) is 38.8. The molecule has 7 atom stereocenters. The highest BCUT2D eigenvalue weighted by Gasteiger charge is 2.68. The summed E-state index contributed by atoms with van der Waals surface area (Å²) in [7, 11) is 0. The molecule has 4 rings (SSSR count). The Hall–Kier alpha value is -2.79. The molecular weight excluding hydrogens is 474 g/mol. The number of aliphatic hydroxyl groups excluding tert-OH is 1. The zero-order valence-electron chi connectivity index (χ0n) is 20.5. The van der Waals surface area contributed by atoms with Crippen LogP contribution in [0.5, 0.6) is 0 Å². The highest BCUT2D eigenvalue weighted by atomic mass is 16.9. The van der Waals surface area contributed by atoms with E-state index in [1.54, 1.807) is 12.2 Å². The maximum atomic E-state index is 13.2. The van der Waals surface area contributed by atoms with Gasteiger partial charge in [0.15, 0.2) is 12.4 Å². The van der Waals surface area contributed by atoms with Gasteiger partial charge in [-0.1, -0.05) is 25.5 Å². The number of carbonyl (C=O) groups is 3. The number of hydrogen-bond donors (Lipinski definition) is 2. The fourth-order valence-electron chi connectivity index (χ4n) is 7.43. The van der Waals surface area contributed by atoms with Gasteiger partial charge in [-0.15, -0.1) is 10.1 Å². The van der Waals surface area contributed by atoms with Crippen LogP contribution < -0.4 is 0 Å². The third-order valence-corrected chi connectivity index (χ3v) is 9.14. The van der Waals surface area contributed by atoms with E-state index in [0.717, 1.165) is 18.4 Å². The van der Waals surface area contributed by atoms with Gasteiger partial charge >= 0.3 is 6.16 Å². The Balaban J connectivity index is 1.41. The number of hydrogen-bond acceptors (Lipinski definition) is 10. The van der Waals surface area contributed by atoms with E-state index in [1.807, 2.05) is 13.0 Å². The summed E-state index contributed by atoms with van der Waals surface area (Å²) in [5.74, 6) is -0.758. The number of ether oxygens (including phenoxy) is 2. The first-order valence-electron chi connectivity index (χ1n) is 12.4. The lowest BCUT2D eigenvalue weighted by molar-refractivity contribution is -0.757. The van der Waals surface area contributed by atoms with E-state index in [1.165, 1.54) is 0 Å². The summed E-state index contributed by atoms with van der Waals surface area (Å²) in [6.07, 6.45) is 5.83. The number of Topliss-reactive ketones (excluding diaryl/α,β-unsaturated/α-hetero) is 1. The number of allylic oxidation sites excluding steroid dienone is 4. The Morgan fingerprint density at radius 1 is 1.22 bits per heavy atom. The lowest BCUT2D eigenvalue weighted by atomic mass is 9.46. The Kier molecular flexibility index (Phi) is 7.00. The molecular formula is C25H33NO10. The second-order valence-electron chi connectivity index (χ2n) is 10.8. The zero-order chi connectivity index (χ0) is 26.3. The highest BCUT2D eigenvalue weighted by molar-refractivity contribution is 6.01. The lowest BCUT2D eigenvalue weighted by Crippen LogP contribution is -2.61. The van der Waals surface area contributed by atoms with E-state index in [-0.39, 0.29) is 56.0 Å². The number of aliphatic hydroxyl groups is 2. The van der Waals surface area contributed by atoms with Crippen LogP contribution in [0.4, 0.5) is 4.79 Å². The van der Waals surface area contributed by atoms with E-state index in [2.05, 4.69) is 11.8 Å². The van der Waals surface area contributed by atoms with Crippen molar-refractivity contribution in [1.82, 2.24) is 0 Å². The van der Waals surface area contributed by atoms with Crippen molar-refractivity contribution >= 4 is 17.7 Å². The van der Waals surface area contributed by atoms with E-state index in [9.17, 15) is 34.7 Å². The number of nitrogens with zero attached hydrogens (tertiary/aromatic N) is 1. The Morgan fingerprint density at radius 2 is 1.97 bits per heavy atom. The van der Waals surface area contributed by atoms with E-state index in [0.29, 0.717) is 6.42 Å². The van der Waals surface area contributed by atoms with Crippen LogP contribution in [0.1, 0.15) is 52.4 Å². The van der Waals surface area contributed by atoms with Gasteiger partial charge in [0, 0.05) is 23.2 Å². The monoisotopic (exact) mass is 507 g/mol. The molecule has 3 fully saturated rings. The van der Waals surface area contributed by atoms with Crippen molar-refractivity contribution in [1.29, 1.82) is 0 Å². The average molecular weight is 508 g/mol. The van der Waals surface area contributed by atoms with Gasteiger partial charge in [0.2, 0.25) is 5.78 Å². The van der Waals surface area contributed by atoms with Crippen LogP contribution in [-0.4, -0.2) is 64.5 Å². The lowest BCUT2D eigenvalue weighted by Gasteiger charge is -2.59.